The summed E-state index contributed by atoms with van der Waals surface area (Å²) < 4.78 is 0. The third-order valence-corrected chi connectivity index (χ3v) is 2.51. The first-order chi connectivity index (χ1) is 7.69. The van der Waals surface area contributed by atoms with Crippen LogP contribution in [0.25, 0.3) is 10.9 Å². The standard InChI is InChI=1S/C14H13NO/c1-3-13(16)9-11-5-7-14-12(8-11)6-4-10(2)15-14/h1,4-8,13,16H,9H2,2H3. The first-order valence-electron chi connectivity index (χ1n) is 5.19. The molecule has 0 amide bonds. The minimum Gasteiger partial charge on any atom is -0.380 e. The van der Waals surface area contributed by atoms with Gasteiger partial charge in [-0.1, -0.05) is 18.1 Å². The van der Waals surface area contributed by atoms with Crippen LogP contribution >= 0.6 is 0 Å². The topological polar surface area (TPSA) is 33.1 Å². The van der Waals surface area contributed by atoms with Gasteiger partial charge in [0, 0.05) is 17.5 Å². The molecule has 1 atom stereocenters. The number of terminal acetylenes is 1. The highest BCUT2D eigenvalue weighted by Crippen LogP contribution is 2.15. The van der Waals surface area contributed by atoms with Gasteiger partial charge in [-0.2, -0.15) is 0 Å². The molecule has 2 aromatic rings. The molecule has 16 heavy (non-hydrogen) atoms. The molecule has 1 unspecified atom stereocenters. The molecule has 0 bridgehead atoms. The molecular weight excluding hydrogens is 198 g/mol. The monoisotopic (exact) mass is 211 g/mol. The number of benzene rings is 1. The summed E-state index contributed by atoms with van der Waals surface area (Å²) in [7, 11) is 0. The Kier molecular flexibility index (Phi) is 2.89. The molecule has 0 radical (unpaired) electrons. The summed E-state index contributed by atoms with van der Waals surface area (Å²) in [5, 5.41) is 10.5. The number of nitrogens with zero attached hydrogens (tertiary/aromatic N) is 1. The van der Waals surface area contributed by atoms with Crippen LogP contribution in [0.2, 0.25) is 0 Å². The van der Waals surface area contributed by atoms with Gasteiger partial charge in [0.25, 0.3) is 0 Å². The van der Waals surface area contributed by atoms with Gasteiger partial charge >= 0.3 is 0 Å². The Morgan fingerprint density at radius 3 is 2.94 bits per heavy atom. The quantitative estimate of drug-likeness (QED) is 0.771. The van der Waals surface area contributed by atoms with E-state index in [9.17, 15) is 5.11 Å². The van der Waals surface area contributed by atoms with E-state index < -0.39 is 6.10 Å². The summed E-state index contributed by atoms with van der Waals surface area (Å²) in [4.78, 5) is 4.41. The van der Waals surface area contributed by atoms with E-state index in [1.807, 2.05) is 37.3 Å². The molecule has 0 aliphatic rings. The first-order valence-corrected chi connectivity index (χ1v) is 5.19. The lowest BCUT2D eigenvalue weighted by Crippen LogP contribution is -2.06. The van der Waals surface area contributed by atoms with Gasteiger partial charge in [-0.05, 0) is 30.7 Å². The van der Waals surface area contributed by atoms with Crippen molar-refractivity contribution in [3.8, 4) is 12.3 Å². The number of pyridine rings is 1. The zero-order valence-corrected chi connectivity index (χ0v) is 9.14. The first kappa shape index (κ1) is 10.7. The van der Waals surface area contributed by atoms with Crippen LogP contribution in [0.3, 0.4) is 0 Å². The lowest BCUT2D eigenvalue weighted by atomic mass is 10.1. The van der Waals surface area contributed by atoms with E-state index in [4.69, 9.17) is 6.42 Å². The van der Waals surface area contributed by atoms with Crippen molar-refractivity contribution in [2.24, 2.45) is 0 Å². The van der Waals surface area contributed by atoms with Gasteiger partial charge in [-0.3, -0.25) is 4.98 Å². The van der Waals surface area contributed by atoms with Gasteiger partial charge in [-0.15, -0.1) is 6.42 Å². The molecule has 1 aromatic heterocycles. The summed E-state index contributed by atoms with van der Waals surface area (Å²) in [6.07, 6.45) is 4.91. The minimum atomic E-state index is -0.712. The van der Waals surface area contributed by atoms with Crippen LogP contribution in [-0.4, -0.2) is 16.2 Å². The van der Waals surface area contributed by atoms with E-state index in [0.29, 0.717) is 6.42 Å². The van der Waals surface area contributed by atoms with Crippen LogP contribution in [0, 0.1) is 19.3 Å². The van der Waals surface area contributed by atoms with Gasteiger partial charge in [0.15, 0.2) is 0 Å². The predicted octanol–water partition coefficient (Wildman–Crippen LogP) is 2.08. The van der Waals surface area contributed by atoms with E-state index in [2.05, 4.69) is 10.9 Å². The molecule has 1 aromatic carbocycles. The Labute approximate surface area is 95.0 Å². The lowest BCUT2D eigenvalue weighted by molar-refractivity contribution is 0.233. The number of hydrogen-bond donors (Lipinski definition) is 1. The molecule has 1 N–H and O–H groups in total. The summed E-state index contributed by atoms with van der Waals surface area (Å²) in [6.45, 7) is 1.97. The Bertz CT molecular complexity index is 554. The third kappa shape index (κ3) is 2.21. The van der Waals surface area contributed by atoms with Gasteiger partial charge in [0.1, 0.15) is 6.10 Å². The summed E-state index contributed by atoms with van der Waals surface area (Å²) in [5.41, 5.74) is 3.01. The predicted molar refractivity (Wildman–Crippen MR) is 65.0 cm³/mol. The fourth-order valence-electron chi connectivity index (χ4n) is 1.69. The number of hydrogen-bond acceptors (Lipinski definition) is 2. The zero-order valence-electron chi connectivity index (χ0n) is 9.14. The van der Waals surface area contributed by atoms with Gasteiger partial charge in [0.2, 0.25) is 0 Å². The number of aromatic nitrogens is 1. The summed E-state index contributed by atoms with van der Waals surface area (Å²) >= 11 is 0. The smallest absolute Gasteiger partial charge is 0.118 e. The van der Waals surface area contributed by atoms with Crippen molar-refractivity contribution in [2.45, 2.75) is 19.4 Å². The number of aliphatic hydroxyl groups is 1. The summed E-state index contributed by atoms with van der Waals surface area (Å²) in [5.74, 6) is 2.31. The van der Waals surface area contributed by atoms with E-state index >= 15 is 0 Å². The molecule has 2 nitrogen and oxygen atoms in total. The van der Waals surface area contributed by atoms with Crippen molar-refractivity contribution in [2.75, 3.05) is 0 Å². The van der Waals surface area contributed by atoms with Crippen molar-refractivity contribution in [1.82, 2.24) is 4.98 Å². The van der Waals surface area contributed by atoms with Crippen molar-refractivity contribution in [3.05, 3.63) is 41.6 Å². The van der Waals surface area contributed by atoms with Crippen LogP contribution in [0.4, 0.5) is 0 Å². The normalized spacial score (nSPS) is 12.3. The molecule has 0 saturated carbocycles. The average molecular weight is 211 g/mol. The van der Waals surface area contributed by atoms with E-state index in [1.54, 1.807) is 0 Å². The second-order valence-corrected chi connectivity index (χ2v) is 3.87. The maximum Gasteiger partial charge on any atom is 0.118 e. The number of aliphatic hydroxyl groups excluding tert-OH is 1. The van der Waals surface area contributed by atoms with Crippen molar-refractivity contribution < 1.29 is 5.11 Å². The molecule has 0 aliphatic carbocycles. The van der Waals surface area contributed by atoms with Crippen LogP contribution in [-0.2, 0) is 6.42 Å². The molecule has 0 saturated heterocycles. The largest absolute Gasteiger partial charge is 0.380 e. The molecule has 2 rings (SSSR count). The SMILES string of the molecule is C#CC(O)Cc1ccc2nc(C)ccc2c1. The van der Waals surface area contributed by atoms with E-state index in [1.165, 1.54) is 0 Å². The highest BCUT2D eigenvalue weighted by molar-refractivity contribution is 5.79. The number of fused-ring (bicyclic) bond motifs is 1. The van der Waals surface area contributed by atoms with Crippen LogP contribution < -0.4 is 0 Å². The fourth-order valence-corrected chi connectivity index (χ4v) is 1.69. The second-order valence-electron chi connectivity index (χ2n) is 3.87. The third-order valence-electron chi connectivity index (χ3n) is 2.51. The zero-order chi connectivity index (χ0) is 11.5. The van der Waals surface area contributed by atoms with Crippen molar-refractivity contribution >= 4 is 10.9 Å². The molecule has 0 spiro atoms. The lowest BCUT2D eigenvalue weighted by Gasteiger charge is -2.05. The highest BCUT2D eigenvalue weighted by Gasteiger charge is 2.03. The molecule has 1 heterocycles. The second kappa shape index (κ2) is 4.34. The molecule has 2 heteroatoms. The van der Waals surface area contributed by atoms with Gasteiger partial charge in [0.05, 0.1) is 5.52 Å². The van der Waals surface area contributed by atoms with E-state index in [-0.39, 0.29) is 0 Å². The molecule has 80 valence electrons. The van der Waals surface area contributed by atoms with Crippen molar-refractivity contribution in [3.63, 3.8) is 0 Å². The molecule has 0 fully saturated rings. The average Bonchev–Trinajstić information content (AvgIpc) is 2.29. The maximum absolute atomic E-state index is 9.38. The van der Waals surface area contributed by atoms with Crippen LogP contribution in [0.1, 0.15) is 11.3 Å². The Hall–Kier alpha value is -1.85. The Balaban J connectivity index is 2.38. The molecular formula is C14H13NO. The highest BCUT2D eigenvalue weighted by atomic mass is 16.3. The maximum atomic E-state index is 9.38. The fraction of sp³-hybridized carbons (Fsp3) is 0.214. The summed E-state index contributed by atoms with van der Waals surface area (Å²) in [6, 6.07) is 9.94. The minimum absolute atomic E-state index is 0.486. The van der Waals surface area contributed by atoms with Crippen LogP contribution in [0.15, 0.2) is 30.3 Å². The van der Waals surface area contributed by atoms with Crippen molar-refractivity contribution in [1.29, 1.82) is 0 Å². The van der Waals surface area contributed by atoms with Crippen LogP contribution in [0.5, 0.6) is 0 Å². The van der Waals surface area contributed by atoms with E-state index in [0.717, 1.165) is 22.2 Å². The molecule has 0 aliphatic heterocycles. The van der Waals surface area contributed by atoms with Gasteiger partial charge in [-0.25, -0.2) is 0 Å². The number of aryl methyl sites for hydroxylation is 1. The Morgan fingerprint density at radius 1 is 1.38 bits per heavy atom. The number of rotatable bonds is 2. The van der Waals surface area contributed by atoms with Gasteiger partial charge < -0.3 is 5.11 Å². The Morgan fingerprint density at radius 2 is 2.19 bits per heavy atom.